The number of aromatic amines is 1. The quantitative estimate of drug-likeness (QED) is 0.135. The average molecular weight is 539 g/mol. The van der Waals surface area contributed by atoms with Gasteiger partial charge in [0.15, 0.2) is 0 Å². The maximum absolute atomic E-state index is 13.1. The zero-order chi connectivity index (χ0) is 28.5. The molecule has 39 heavy (non-hydrogen) atoms. The number of aliphatic carboxylic acids is 1. The van der Waals surface area contributed by atoms with E-state index in [-0.39, 0.29) is 18.6 Å². The summed E-state index contributed by atoms with van der Waals surface area (Å²) < 4.78 is 0. The molecule has 10 N–H and O–H groups in total. The molecule has 13 nitrogen and oxygen atoms in total. The van der Waals surface area contributed by atoms with Crippen molar-refractivity contribution in [3.05, 3.63) is 65.9 Å². The summed E-state index contributed by atoms with van der Waals surface area (Å²) in [7, 11) is 0. The van der Waals surface area contributed by atoms with Crippen molar-refractivity contribution in [2.75, 3.05) is 6.54 Å². The largest absolute Gasteiger partial charge is 0.508 e. The number of aromatic hydroxyl groups is 1. The zero-order valence-corrected chi connectivity index (χ0v) is 20.8. The number of aromatic nitrogens is 1. The highest BCUT2D eigenvalue weighted by Crippen LogP contribution is 2.19. The van der Waals surface area contributed by atoms with Gasteiger partial charge in [-0.25, -0.2) is 4.79 Å². The monoisotopic (exact) mass is 538 g/mol. The van der Waals surface area contributed by atoms with E-state index in [2.05, 4.69) is 20.9 Å². The number of para-hydroxylation sites is 1. The first-order valence-electron chi connectivity index (χ1n) is 12.0. The van der Waals surface area contributed by atoms with Crippen LogP contribution < -0.4 is 27.4 Å². The molecule has 3 unspecified atom stereocenters. The Morgan fingerprint density at radius 2 is 1.59 bits per heavy atom. The second-order valence-corrected chi connectivity index (χ2v) is 8.95. The first-order valence-corrected chi connectivity index (χ1v) is 12.0. The molecule has 3 aromatic rings. The predicted molar refractivity (Wildman–Crippen MR) is 140 cm³/mol. The molecule has 13 heteroatoms. The number of carboxylic acid groups (broad SMARTS) is 1. The number of phenols is 1. The van der Waals surface area contributed by atoms with Gasteiger partial charge in [0.2, 0.25) is 23.6 Å². The second kappa shape index (κ2) is 13.1. The van der Waals surface area contributed by atoms with Crippen LogP contribution in [-0.4, -0.2) is 69.5 Å². The predicted octanol–water partition coefficient (Wildman–Crippen LogP) is -0.968. The van der Waals surface area contributed by atoms with Crippen LogP contribution in [0.2, 0.25) is 0 Å². The van der Waals surface area contributed by atoms with Crippen LogP contribution in [0.15, 0.2) is 54.7 Å². The summed E-state index contributed by atoms with van der Waals surface area (Å²) >= 11 is 0. The van der Waals surface area contributed by atoms with Crippen LogP contribution in [0.25, 0.3) is 10.9 Å². The molecule has 0 bridgehead atoms. The van der Waals surface area contributed by atoms with Crippen molar-refractivity contribution in [1.82, 2.24) is 20.9 Å². The number of carboxylic acids is 1. The Hall–Kier alpha value is -4.91. The number of nitrogens with one attached hydrogen (secondary N) is 4. The minimum absolute atomic E-state index is 0.0640. The van der Waals surface area contributed by atoms with Crippen LogP contribution in [-0.2, 0) is 36.8 Å². The molecule has 0 aliphatic carbocycles. The topological polar surface area (TPSA) is 230 Å². The Balaban J connectivity index is 1.70. The lowest BCUT2D eigenvalue weighted by atomic mass is 10.0. The SMILES string of the molecule is NC(=O)CC(NC(=O)CNC(=O)C(Cc1c[nH]c2ccccc12)NC(=O)C(N)Cc1ccc(O)cc1)C(=O)O. The standard InChI is InChI=1S/C26H30N6O7/c27-18(9-14-5-7-16(33)8-6-14)24(36)32-20(10-15-12-29-19-4-2-1-3-17(15)19)25(37)30-13-23(35)31-21(26(38)39)11-22(28)34/h1-8,12,18,20-21,29,33H,9-11,13,27H2,(H2,28,34)(H,30,37)(H,31,35)(H,32,36)(H,38,39). The number of amides is 4. The van der Waals surface area contributed by atoms with Crippen molar-refractivity contribution in [3.8, 4) is 5.75 Å². The van der Waals surface area contributed by atoms with Gasteiger partial charge in [0.05, 0.1) is 19.0 Å². The van der Waals surface area contributed by atoms with E-state index in [0.717, 1.165) is 16.5 Å². The van der Waals surface area contributed by atoms with Crippen LogP contribution in [0, 0.1) is 0 Å². The summed E-state index contributed by atoms with van der Waals surface area (Å²) in [5, 5.41) is 26.6. The Labute approximate surface area is 222 Å². The molecule has 206 valence electrons. The first kappa shape index (κ1) is 28.7. The minimum atomic E-state index is -1.55. The third-order valence-electron chi connectivity index (χ3n) is 5.92. The maximum Gasteiger partial charge on any atom is 0.326 e. The molecule has 0 saturated carbocycles. The van der Waals surface area contributed by atoms with E-state index < -0.39 is 60.7 Å². The normalized spacial score (nSPS) is 13.2. The van der Waals surface area contributed by atoms with Gasteiger partial charge in [0, 0.05) is 23.5 Å². The Kier molecular flexibility index (Phi) is 9.59. The molecule has 0 aliphatic rings. The summed E-state index contributed by atoms with van der Waals surface area (Å²) in [5.41, 5.74) is 13.3. The molecule has 3 atom stereocenters. The van der Waals surface area contributed by atoms with Crippen LogP contribution in [0.5, 0.6) is 5.75 Å². The van der Waals surface area contributed by atoms with Gasteiger partial charge in [-0.05, 0) is 35.7 Å². The van der Waals surface area contributed by atoms with E-state index in [9.17, 15) is 29.1 Å². The number of carbonyl (C=O) groups is 5. The molecular formula is C26H30N6O7. The van der Waals surface area contributed by atoms with E-state index in [0.29, 0.717) is 5.56 Å². The van der Waals surface area contributed by atoms with E-state index in [1.807, 2.05) is 24.3 Å². The fraction of sp³-hybridized carbons (Fsp3) is 0.269. The van der Waals surface area contributed by atoms with Crippen molar-refractivity contribution < 1.29 is 34.2 Å². The van der Waals surface area contributed by atoms with Gasteiger partial charge in [-0.3, -0.25) is 19.2 Å². The third-order valence-corrected chi connectivity index (χ3v) is 5.92. The van der Waals surface area contributed by atoms with Crippen LogP contribution in [0.3, 0.4) is 0 Å². The number of carbonyl (C=O) groups excluding carboxylic acids is 4. The molecule has 2 aromatic carbocycles. The highest BCUT2D eigenvalue weighted by atomic mass is 16.4. The van der Waals surface area contributed by atoms with Crippen molar-refractivity contribution in [1.29, 1.82) is 0 Å². The van der Waals surface area contributed by atoms with E-state index in [4.69, 9.17) is 16.6 Å². The Morgan fingerprint density at radius 3 is 2.26 bits per heavy atom. The number of fused-ring (bicyclic) bond motifs is 1. The second-order valence-electron chi connectivity index (χ2n) is 8.95. The molecule has 1 aromatic heterocycles. The van der Waals surface area contributed by atoms with Crippen molar-refractivity contribution >= 4 is 40.5 Å². The highest BCUT2D eigenvalue weighted by molar-refractivity contribution is 5.94. The summed E-state index contributed by atoms with van der Waals surface area (Å²) in [6.07, 6.45) is 1.30. The smallest absolute Gasteiger partial charge is 0.326 e. The van der Waals surface area contributed by atoms with E-state index in [1.54, 1.807) is 18.3 Å². The van der Waals surface area contributed by atoms with Crippen LogP contribution in [0.1, 0.15) is 17.5 Å². The van der Waals surface area contributed by atoms with Gasteiger partial charge in [0.1, 0.15) is 17.8 Å². The summed E-state index contributed by atoms with van der Waals surface area (Å²) in [6, 6.07) is 9.88. The van der Waals surface area contributed by atoms with Gasteiger partial charge in [0.25, 0.3) is 0 Å². The van der Waals surface area contributed by atoms with Crippen molar-refractivity contribution in [2.24, 2.45) is 11.5 Å². The molecule has 0 fully saturated rings. The minimum Gasteiger partial charge on any atom is -0.508 e. The van der Waals surface area contributed by atoms with Crippen LogP contribution >= 0.6 is 0 Å². The number of benzene rings is 2. The number of hydrogen-bond donors (Lipinski definition) is 8. The lowest BCUT2D eigenvalue weighted by molar-refractivity contribution is -0.143. The van der Waals surface area contributed by atoms with Crippen LogP contribution in [0.4, 0.5) is 0 Å². The maximum atomic E-state index is 13.1. The highest BCUT2D eigenvalue weighted by Gasteiger charge is 2.27. The van der Waals surface area contributed by atoms with Gasteiger partial charge in [-0.15, -0.1) is 0 Å². The number of rotatable bonds is 13. The Bertz CT molecular complexity index is 1350. The molecule has 0 aliphatic heterocycles. The van der Waals surface area contributed by atoms with Gasteiger partial charge < -0.3 is 42.6 Å². The lowest BCUT2D eigenvalue weighted by Gasteiger charge is -2.21. The molecule has 3 rings (SSSR count). The number of phenolic OH excluding ortho intramolecular Hbond substituents is 1. The third kappa shape index (κ3) is 8.30. The lowest BCUT2D eigenvalue weighted by Crippen LogP contribution is -2.54. The van der Waals surface area contributed by atoms with Gasteiger partial charge in [-0.2, -0.15) is 0 Å². The summed E-state index contributed by atoms with van der Waals surface area (Å²) in [6.45, 7) is -0.610. The molecule has 4 amide bonds. The van der Waals surface area contributed by atoms with Crippen molar-refractivity contribution in [2.45, 2.75) is 37.4 Å². The summed E-state index contributed by atoms with van der Waals surface area (Å²) in [5.74, 6) is -4.49. The van der Waals surface area contributed by atoms with Crippen molar-refractivity contribution in [3.63, 3.8) is 0 Å². The van der Waals surface area contributed by atoms with Gasteiger partial charge in [-0.1, -0.05) is 30.3 Å². The average Bonchev–Trinajstić information content (AvgIpc) is 3.30. The fourth-order valence-corrected chi connectivity index (χ4v) is 3.92. The zero-order valence-electron chi connectivity index (χ0n) is 20.8. The van der Waals surface area contributed by atoms with E-state index in [1.165, 1.54) is 12.1 Å². The van der Waals surface area contributed by atoms with Gasteiger partial charge >= 0.3 is 5.97 Å². The number of H-pyrrole nitrogens is 1. The summed E-state index contributed by atoms with van der Waals surface area (Å²) in [4.78, 5) is 63.7. The molecule has 0 radical (unpaired) electrons. The Morgan fingerprint density at radius 1 is 0.897 bits per heavy atom. The molecular weight excluding hydrogens is 508 g/mol. The molecule has 0 spiro atoms. The molecule has 0 saturated heterocycles. The number of hydrogen-bond acceptors (Lipinski definition) is 7. The fourth-order valence-electron chi connectivity index (χ4n) is 3.92. The first-order chi connectivity index (χ1) is 18.5. The molecule has 1 heterocycles. The van der Waals surface area contributed by atoms with E-state index >= 15 is 0 Å². The number of nitrogens with two attached hydrogens (primary N) is 2. The number of primary amides is 1.